The second-order valence-electron chi connectivity index (χ2n) is 9.18. The molecular weight excluding hydrogens is 384 g/mol. The predicted molar refractivity (Wildman–Crippen MR) is 126 cm³/mol. The zero-order chi connectivity index (χ0) is 21.4. The van der Waals surface area contributed by atoms with Gasteiger partial charge in [0.2, 0.25) is 5.95 Å². The number of nitrogens with zero attached hydrogens (tertiary/aromatic N) is 4. The van der Waals surface area contributed by atoms with Crippen LogP contribution >= 0.6 is 0 Å². The number of fused-ring (bicyclic) bond motifs is 2. The van der Waals surface area contributed by atoms with Gasteiger partial charge in [-0.1, -0.05) is 30.3 Å². The fraction of sp³-hybridized carbons (Fsp3) is 0.462. The SMILES string of the molecule is Cc1nc(N2CCC(N(C)CC(O)c3ccccc3)CC2)nc2cc3c(cc12)CCC3. The molecule has 1 unspecified atom stereocenters. The highest BCUT2D eigenvalue weighted by molar-refractivity contribution is 5.84. The van der Waals surface area contributed by atoms with Crippen LogP contribution < -0.4 is 4.90 Å². The molecule has 0 radical (unpaired) electrons. The van der Waals surface area contributed by atoms with Gasteiger partial charge in [0.25, 0.3) is 0 Å². The number of hydrogen-bond donors (Lipinski definition) is 1. The number of rotatable bonds is 5. The standard InChI is InChI=1S/C26H32N4O/c1-18-23-15-20-9-6-10-21(20)16-24(23)28-26(27-18)30-13-11-22(12-14-30)29(2)17-25(31)19-7-4-3-5-8-19/h3-5,7-8,15-16,22,25,31H,6,9-14,17H2,1-2H3. The van der Waals surface area contributed by atoms with Gasteiger partial charge in [-0.2, -0.15) is 0 Å². The van der Waals surface area contributed by atoms with E-state index in [9.17, 15) is 5.11 Å². The third-order valence-corrected chi connectivity index (χ3v) is 7.10. The Kier molecular flexibility index (Phi) is 5.63. The summed E-state index contributed by atoms with van der Waals surface area (Å²) >= 11 is 0. The molecule has 5 rings (SSSR count). The Bertz CT molecular complexity index is 1060. The van der Waals surface area contributed by atoms with Gasteiger partial charge >= 0.3 is 0 Å². The molecule has 2 aliphatic rings. The van der Waals surface area contributed by atoms with Gasteiger partial charge in [-0.3, -0.25) is 0 Å². The van der Waals surface area contributed by atoms with Gasteiger partial charge in [0.15, 0.2) is 0 Å². The average Bonchev–Trinajstić information content (AvgIpc) is 3.26. The van der Waals surface area contributed by atoms with Crippen LogP contribution in [-0.4, -0.2) is 52.7 Å². The summed E-state index contributed by atoms with van der Waals surface area (Å²) in [5, 5.41) is 11.8. The molecule has 2 heterocycles. The molecule has 2 aromatic carbocycles. The van der Waals surface area contributed by atoms with Crippen LogP contribution in [0.2, 0.25) is 0 Å². The average molecular weight is 417 g/mol. The van der Waals surface area contributed by atoms with Crippen LogP contribution in [0.15, 0.2) is 42.5 Å². The minimum Gasteiger partial charge on any atom is -0.387 e. The number of piperidine rings is 1. The van der Waals surface area contributed by atoms with Crippen molar-refractivity contribution >= 4 is 16.9 Å². The van der Waals surface area contributed by atoms with E-state index in [1.807, 2.05) is 30.3 Å². The molecule has 1 aliphatic heterocycles. The molecule has 1 fully saturated rings. The Hall–Kier alpha value is -2.50. The molecule has 1 atom stereocenters. The number of aromatic nitrogens is 2. The van der Waals surface area contributed by atoms with Crippen molar-refractivity contribution in [3.63, 3.8) is 0 Å². The van der Waals surface area contributed by atoms with E-state index in [0.29, 0.717) is 12.6 Å². The highest BCUT2D eigenvalue weighted by Gasteiger charge is 2.26. The molecule has 1 aromatic heterocycles. The third-order valence-electron chi connectivity index (χ3n) is 7.10. The summed E-state index contributed by atoms with van der Waals surface area (Å²) in [4.78, 5) is 14.5. The maximum absolute atomic E-state index is 10.6. The van der Waals surface area contributed by atoms with E-state index >= 15 is 0 Å². The number of likely N-dealkylation sites (N-methyl/N-ethyl adjacent to an activating group) is 1. The maximum Gasteiger partial charge on any atom is 0.226 e. The Labute approximate surface area is 184 Å². The van der Waals surface area contributed by atoms with Crippen LogP contribution in [0.1, 0.15) is 47.8 Å². The Balaban J connectivity index is 1.25. The molecule has 3 aromatic rings. The molecule has 5 heteroatoms. The van der Waals surface area contributed by atoms with Crippen molar-refractivity contribution in [1.82, 2.24) is 14.9 Å². The summed E-state index contributed by atoms with van der Waals surface area (Å²) in [7, 11) is 2.13. The molecule has 0 spiro atoms. The lowest BCUT2D eigenvalue weighted by molar-refractivity contribution is 0.0958. The number of aryl methyl sites for hydroxylation is 3. The van der Waals surface area contributed by atoms with E-state index in [-0.39, 0.29) is 0 Å². The first kappa shape index (κ1) is 20.4. The normalized spacial score (nSPS) is 18.0. The highest BCUT2D eigenvalue weighted by atomic mass is 16.3. The lowest BCUT2D eigenvalue weighted by Gasteiger charge is -2.37. The molecule has 31 heavy (non-hydrogen) atoms. The van der Waals surface area contributed by atoms with E-state index in [1.54, 1.807) is 0 Å². The topological polar surface area (TPSA) is 52.5 Å². The summed E-state index contributed by atoms with van der Waals surface area (Å²) < 4.78 is 0. The van der Waals surface area contributed by atoms with Crippen molar-refractivity contribution in [2.45, 2.75) is 51.2 Å². The van der Waals surface area contributed by atoms with Crippen molar-refractivity contribution in [1.29, 1.82) is 0 Å². The number of aliphatic hydroxyl groups is 1. The molecule has 0 saturated carbocycles. The van der Waals surface area contributed by atoms with Gasteiger partial charge in [-0.15, -0.1) is 0 Å². The lowest BCUT2D eigenvalue weighted by atomic mass is 10.0. The minimum absolute atomic E-state index is 0.447. The van der Waals surface area contributed by atoms with Crippen molar-refractivity contribution < 1.29 is 5.11 Å². The quantitative estimate of drug-likeness (QED) is 0.680. The summed E-state index contributed by atoms with van der Waals surface area (Å²) in [6.07, 6.45) is 5.29. The van der Waals surface area contributed by atoms with Crippen molar-refractivity contribution in [3.05, 3.63) is 64.8 Å². The summed E-state index contributed by atoms with van der Waals surface area (Å²) in [6, 6.07) is 15.0. The van der Waals surface area contributed by atoms with Crippen LogP contribution in [0.5, 0.6) is 0 Å². The third kappa shape index (κ3) is 4.17. The van der Waals surface area contributed by atoms with E-state index in [0.717, 1.165) is 48.7 Å². The van der Waals surface area contributed by atoms with Crippen molar-refractivity contribution in [2.75, 3.05) is 31.6 Å². The summed E-state index contributed by atoms with van der Waals surface area (Å²) in [5.74, 6) is 0.869. The number of benzene rings is 2. The van der Waals surface area contributed by atoms with Gasteiger partial charge in [-0.25, -0.2) is 9.97 Å². The molecule has 0 bridgehead atoms. The number of aliphatic hydroxyl groups excluding tert-OH is 1. The van der Waals surface area contributed by atoms with E-state index in [2.05, 4.69) is 35.9 Å². The molecule has 1 N–H and O–H groups in total. The van der Waals surface area contributed by atoms with Gasteiger partial charge in [0.1, 0.15) is 0 Å². The van der Waals surface area contributed by atoms with Gasteiger partial charge in [0, 0.05) is 31.1 Å². The summed E-state index contributed by atoms with van der Waals surface area (Å²) in [6.45, 7) is 4.67. The Morgan fingerprint density at radius 3 is 2.52 bits per heavy atom. The van der Waals surface area contributed by atoms with Crippen molar-refractivity contribution in [2.24, 2.45) is 0 Å². The van der Waals surface area contributed by atoms with E-state index < -0.39 is 6.10 Å². The largest absolute Gasteiger partial charge is 0.387 e. The minimum atomic E-state index is -0.447. The van der Waals surface area contributed by atoms with Crippen LogP contribution in [0.4, 0.5) is 5.95 Å². The predicted octanol–water partition coefficient (Wildman–Crippen LogP) is 4.06. The fourth-order valence-electron chi connectivity index (χ4n) is 5.19. The van der Waals surface area contributed by atoms with Crippen LogP contribution in [0.3, 0.4) is 0 Å². The Morgan fingerprint density at radius 2 is 1.77 bits per heavy atom. The second-order valence-corrected chi connectivity index (χ2v) is 9.18. The lowest BCUT2D eigenvalue weighted by Crippen LogP contribution is -2.45. The number of anilines is 1. The first-order valence-corrected chi connectivity index (χ1v) is 11.6. The molecule has 0 amide bonds. The smallest absolute Gasteiger partial charge is 0.226 e. The molecule has 162 valence electrons. The summed E-state index contributed by atoms with van der Waals surface area (Å²) in [5.41, 5.74) is 6.11. The van der Waals surface area contributed by atoms with Gasteiger partial charge < -0.3 is 14.9 Å². The first-order chi connectivity index (χ1) is 15.1. The van der Waals surface area contributed by atoms with Gasteiger partial charge in [-0.05, 0) is 74.9 Å². The van der Waals surface area contributed by atoms with E-state index in [4.69, 9.17) is 9.97 Å². The molecule has 1 saturated heterocycles. The highest BCUT2D eigenvalue weighted by Crippen LogP contribution is 2.30. The van der Waals surface area contributed by atoms with Crippen LogP contribution in [0.25, 0.3) is 10.9 Å². The zero-order valence-electron chi connectivity index (χ0n) is 18.6. The monoisotopic (exact) mass is 416 g/mol. The van der Waals surface area contributed by atoms with Crippen molar-refractivity contribution in [3.8, 4) is 0 Å². The molecule has 5 nitrogen and oxygen atoms in total. The number of hydrogen-bond acceptors (Lipinski definition) is 5. The fourth-order valence-corrected chi connectivity index (χ4v) is 5.19. The first-order valence-electron chi connectivity index (χ1n) is 11.6. The molecular formula is C26H32N4O. The maximum atomic E-state index is 10.6. The Morgan fingerprint density at radius 1 is 1.06 bits per heavy atom. The van der Waals surface area contributed by atoms with Crippen LogP contribution in [-0.2, 0) is 12.8 Å². The van der Waals surface area contributed by atoms with Crippen LogP contribution in [0, 0.1) is 6.92 Å². The zero-order valence-corrected chi connectivity index (χ0v) is 18.6. The van der Waals surface area contributed by atoms with Gasteiger partial charge in [0.05, 0.1) is 17.3 Å². The molecule has 1 aliphatic carbocycles. The van der Waals surface area contributed by atoms with E-state index in [1.165, 1.54) is 35.8 Å². The second kappa shape index (κ2) is 8.56.